The van der Waals surface area contributed by atoms with Crippen LogP contribution in [0.5, 0.6) is 0 Å². The number of rotatable bonds is 3. The summed E-state index contributed by atoms with van der Waals surface area (Å²) < 4.78 is 2.00. The number of carbonyl (C=O) groups excluding carboxylic acids is 1. The van der Waals surface area contributed by atoms with Gasteiger partial charge in [-0.3, -0.25) is 4.79 Å². The third-order valence-electron chi connectivity index (χ3n) is 5.05. The Hall–Kier alpha value is -3.40. The van der Waals surface area contributed by atoms with E-state index in [1.54, 1.807) is 0 Å². The average Bonchev–Trinajstić information content (AvgIpc) is 3.11. The number of carbonyl (C=O) groups is 1. The van der Waals surface area contributed by atoms with Crippen LogP contribution in [0.3, 0.4) is 0 Å². The minimum Gasteiger partial charge on any atom is -0.322 e. The van der Waals surface area contributed by atoms with E-state index in [0.29, 0.717) is 5.56 Å². The third-order valence-corrected chi connectivity index (χ3v) is 5.05. The van der Waals surface area contributed by atoms with Crippen molar-refractivity contribution in [3.63, 3.8) is 0 Å². The van der Waals surface area contributed by atoms with E-state index < -0.39 is 0 Å². The van der Waals surface area contributed by atoms with Gasteiger partial charge in [0.15, 0.2) is 0 Å². The number of aromatic nitrogens is 2. The van der Waals surface area contributed by atoms with Crippen molar-refractivity contribution in [1.29, 1.82) is 0 Å². The van der Waals surface area contributed by atoms with Crippen LogP contribution in [-0.2, 0) is 5.41 Å². The van der Waals surface area contributed by atoms with E-state index in [4.69, 9.17) is 4.98 Å². The zero-order valence-corrected chi connectivity index (χ0v) is 17.2. The van der Waals surface area contributed by atoms with Gasteiger partial charge in [0, 0.05) is 29.2 Å². The maximum Gasteiger partial charge on any atom is 0.255 e. The van der Waals surface area contributed by atoms with Gasteiger partial charge in [0.1, 0.15) is 5.65 Å². The Balaban J connectivity index is 1.56. The molecule has 0 unspecified atom stereocenters. The summed E-state index contributed by atoms with van der Waals surface area (Å²) in [5, 5.41) is 3.00. The largest absolute Gasteiger partial charge is 0.322 e. The molecule has 0 bridgehead atoms. The Morgan fingerprint density at radius 3 is 2.48 bits per heavy atom. The summed E-state index contributed by atoms with van der Waals surface area (Å²) in [7, 11) is 0. The number of pyridine rings is 1. The number of hydrogen-bond donors (Lipinski definition) is 1. The zero-order chi connectivity index (χ0) is 20.6. The van der Waals surface area contributed by atoms with Gasteiger partial charge in [-0.1, -0.05) is 45.0 Å². The normalized spacial score (nSPS) is 11.6. The lowest BCUT2D eigenvalue weighted by Gasteiger charge is -2.19. The van der Waals surface area contributed by atoms with E-state index in [-0.39, 0.29) is 11.3 Å². The number of aryl methyl sites for hydroxylation is 1. The van der Waals surface area contributed by atoms with E-state index in [2.05, 4.69) is 45.1 Å². The summed E-state index contributed by atoms with van der Waals surface area (Å²) in [5.74, 6) is -0.117. The molecule has 0 aliphatic rings. The number of hydrogen-bond acceptors (Lipinski definition) is 2. The van der Waals surface area contributed by atoms with Crippen molar-refractivity contribution in [2.45, 2.75) is 33.1 Å². The predicted octanol–water partition coefficient (Wildman–Crippen LogP) is 5.86. The molecule has 2 aromatic heterocycles. The fraction of sp³-hybridized carbons (Fsp3) is 0.200. The van der Waals surface area contributed by atoms with E-state index in [9.17, 15) is 4.79 Å². The molecule has 0 fully saturated rings. The van der Waals surface area contributed by atoms with Crippen LogP contribution in [0.4, 0.5) is 5.69 Å². The van der Waals surface area contributed by atoms with Crippen LogP contribution in [0.15, 0.2) is 73.1 Å². The van der Waals surface area contributed by atoms with Crippen LogP contribution >= 0.6 is 0 Å². The average molecular weight is 383 g/mol. The highest BCUT2D eigenvalue weighted by molar-refractivity contribution is 6.04. The van der Waals surface area contributed by atoms with Crippen LogP contribution in [-0.4, -0.2) is 15.3 Å². The summed E-state index contributed by atoms with van der Waals surface area (Å²) in [5.41, 5.74) is 6.59. The second-order valence-electron chi connectivity index (χ2n) is 8.46. The number of anilines is 1. The van der Waals surface area contributed by atoms with Crippen molar-refractivity contribution in [3.8, 4) is 11.3 Å². The first-order chi connectivity index (χ1) is 13.8. The molecule has 0 aliphatic heterocycles. The monoisotopic (exact) mass is 383 g/mol. The lowest BCUT2D eigenvalue weighted by molar-refractivity contribution is 0.102. The van der Waals surface area contributed by atoms with Crippen LogP contribution in [0, 0.1) is 6.92 Å². The standard InChI is InChI=1S/C25H25N3O/c1-17-12-13-28-16-22(27-23(28)14-17)19-6-5-7-21(15-19)26-24(29)18-8-10-20(11-9-18)25(2,3)4/h5-16H,1-4H3,(H,26,29). The van der Waals surface area contributed by atoms with Crippen LogP contribution < -0.4 is 5.32 Å². The Morgan fingerprint density at radius 2 is 1.76 bits per heavy atom. The molecule has 0 saturated heterocycles. The van der Waals surface area contributed by atoms with Crippen molar-refractivity contribution in [2.75, 3.05) is 5.32 Å². The first-order valence-electron chi connectivity index (χ1n) is 9.77. The number of imidazole rings is 1. The Morgan fingerprint density at radius 1 is 1.00 bits per heavy atom. The van der Waals surface area contributed by atoms with Gasteiger partial charge in [0.05, 0.1) is 5.69 Å². The number of fused-ring (bicyclic) bond motifs is 1. The summed E-state index contributed by atoms with van der Waals surface area (Å²) >= 11 is 0. The fourth-order valence-electron chi connectivity index (χ4n) is 3.30. The van der Waals surface area contributed by atoms with Crippen LogP contribution in [0.1, 0.15) is 42.3 Å². The minimum atomic E-state index is -0.117. The maximum absolute atomic E-state index is 12.7. The minimum absolute atomic E-state index is 0.0654. The number of nitrogens with one attached hydrogen (secondary N) is 1. The molecule has 29 heavy (non-hydrogen) atoms. The molecule has 4 heteroatoms. The van der Waals surface area contributed by atoms with Gasteiger partial charge in [-0.15, -0.1) is 0 Å². The number of nitrogens with zero attached hydrogens (tertiary/aromatic N) is 2. The van der Waals surface area contributed by atoms with Gasteiger partial charge in [0.2, 0.25) is 0 Å². The molecule has 0 atom stereocenters. The first-order valence-corrected chi connectivity index (χ1v) is 9.77. The lowest BCUT2D eigenvalue weighted by atomic mass is 9.87. The van der Waals surface area contributed by atoms with Crippen molar-refractivity contribution in [2.24, 2.45) is 0 Å². The molecule has 2 aromatic carbocycles. The van der Waals surface area contributed by atoms with Crippen molar-refractivity contribution in [3.05, 3.63) is 89.7 Å². The highest BCUT2D eigenvalue weighted by atomic mass is 16.1. The molecule has 4 nitrogen and oxygen atoms in total. The molecule has 0 radical (unpaired) electrons. The fourth-order valence-corrected chi connectivity index (χ4v) is 3.30. The van der Waals surface area contributed by atoms with Crippen LogP contribution in [0.25, 0.3) is 16.9 Å². The Kier molecular flexibility index (Phi) is 4.71. The Bertz CT molecular complexity index is 1180. The van der Waals surface area contributed by atoms with E-state index in [1.165, 1.54) is 11.1 Å². The van der Waals surface area contributed by atoms with Gasteiger partial charge in [-0.2, -0.15) is 0 Å². The summed E-state index contributed by atoms with van der Waals surface area (Å²) in [6, 6.07) is 19.7. The molecule has 2 heterocycles. The molecule has 146 valence electrons. The van der Waals surface area contributed by atoms with E-state index in [0.717, 1.165) is 22.6 Å². The van der Waals surface area contributed by atoms with Crippen molar-refractivity contribution in [1.82, 2.24) is 9.38 Å². The van der Waals surface area contributed by atoms with Gasteiger partial charge < -0.3 is 9.72 Å². The molecule has 4 rings (SSSR count). The summed E-state index contributed by atoms with van der Waals surface area (Å²) in [6.07, 6.45) is 4.01. The van der Waals surface area contributed by atoms with Gasteiger partial charge in [-0.25, -0.2) is 4.98 Å². The smallest absolute Gasteiger partial charge is 0.255 e. The lowest BCUT2D eigenvalue weighted by Crippen LogP contribution is -2.14. The highest BCUT2D eigenvalue weighted by Gasteiger charge is 2.14. The van der Waals surface area contributed by atoms with E-state index in [1.807, 2.05) is 65.3 Å². The molecule has 0 aliphatic carbocycles. The number of benzene rings is 2. The quantitative estimate of drug-likeness (QED) is 0.482. The van der Waals surface area contributed by atoms with Crippen LogP contribution in [0.2, 0.25) is 0 Å². The van der Waals surface area contributed by atoms with Gasteiger partial charge in [-0.05, 0) is 59.9 Å². The molecule has 0 spiro atoms. The van der Waals surface area contributed by atoms with Gasteiger partial charge in [0.25, 0.3) is 5.91 Å². The summed E-state index contributed by atoms with van der Waals surface area (Å²) in [4.78, 5) is 17.4. The number of amides is 1. The second-order valence-corrected chi connectivity index (χ2v) is 8.46. The molecular weight excluding hydrogens is 358 g/mol. The van der Waals surface area contributed by atoms with Crippen molar-refractivity contribution >= 4 is 17.2 Å². The topological polar surface area (TPSA) is 46.4 Å². The molecule has 4 aromatic rings. The second kappa shape index (κ2) is 7.21. The third kappa shape index (κ3) is 4.06. The molecule has 1 N–H and O–H groups in total. The molecular formula is C25H25N3O. The van der Waals surface area contributed by atoms with Gasteiger partial charge >= 0.3 is 0 Å². The van der Waals surface area contributed by atoms with E-state index >= 15 is 0 Å². The summed E-state index contributed by atoms with van der Waals surface area (Å²) in [6.45, 7) is 8.54. The Labute approximate surface area is 171 Å². The highest BCUT2D eigenvalue weighted by Crippen LogP contribution is 2.24. The maximum atomic E-state index is 12.7. The SMILES string of the molecule is Cc1ccn2cc(-c3cccc(NC(=O)c4ccc(C(C)(C)C)cc4)c3)nc2c1. The molecule has 0 saturated carbocycles. The predicted molar refractivity (Wildman–Crippen MR) is 118 cm³/mol. The zero-order valence-electron chi connectivity index (χ0n) is 17.2. The van der Waals surface area contributed by atoms with Crippen molar-refractivity contribution < 1.29 is 4.79 Å². The first kappa shape index (κ1) is 18.9. The molecule has 1 amide bonds.